The number of rotatable bonds is 5. The second kappa shape index (κ2) is 8.09. The summed E-state index contributed by atoms with van der Waals surface area (Å²) in [5.41, 5.74) is 8.54. The summed E-state index contributed by atoms with van der Waals surface area (Å²) in [5.74, 6) is 0. The molecule has 0 saturated carbocycles. The van der Waals surface area contributed by atoms with Gasteiger partial charge in [0.15, 0.2) is 0 Å². The molecule has 4 rings (SSSR count). The van der Waals surface area contributed by atoms with Crippen LogP contribution in [0.15, 0.2) is 73.3 Å². The lowest BCUT2D eigenvalue weighted by atomic mass is 10.0. The molecule has 0 aliphatic carbocycles. The molecule has 4 heterocycles. The van der Waals surface area contributed by atoms with Crippen LogP contribution >= 0.6 is 0 Å². The van der Waals surface area contributed by atoms with Gasteiger partial charge < -0.3 is 0 Å². The van der Waals surface area contributed by atoms with E-state index in [4.69, 9.17) is 0 Å². The molecule has 0 fully saturated rings. The fraction of sp³-hybridized carbons (Fsp3) is 0.167. The largest absolute Gasteiger partial charge is 0.255 e. The van der Waals surface area contributed by atoms with Crippen LogP contribution in [-0.4, -0.2) is 19.9 Å². The van der Waals surface area contributed by atoms with Gasteiger partial charge in [0.05, 0.1) is 22.8 Å². The van der Waals surface area contributed by atoms with E-state index < -0.39 is 0 Å². The van der Waals surface area contributed by atoms with Gasteiger partial charge in [-0.15, -0.1) is 0 Å². The molecule has 0 aliphatic heterocycles. The van der Waals surface area contributed by atoms with Crippen molar-refractivity contribution in [3.05, 3.63) is 95.6 Å². The van der Waals surface area contributed by atoms with Crippen LogP contribution in [0.2, 0.25) is 0 Å². The smallest absolute Gasteiger partial charge is 0.0888 e. The predicted molar refractivity (Wildman–Crippen MR) is 112 cm³/mol. The lowest BCUT2D eigenvalue weighted by Crippen LogP contribution is -1.96. The molecule has 4 aromatic rings. The highest BCUT2D eigenvalue weighted by Crippen LogP contribution is 2.19. The molecule has 4 aromatic heterocycles. The maximum atomic E-state index is 4.49. The summed E-state index contributed by atoms with van der Waals surface area (Å²) in [6, 6.07) is 16.5. The molecular formula is C24H22N4. The molecule has 0 spiro atoms. The number of aromatic nitrogens is 4. The van der Waals surface area contributed by atoms with Gasteiger partial charge in [-0.2, -0.15) is 0 Å². The van der Waals surface area contributed by atoms with Crippen molar-refractivity contribution >= 4 is 0 Å². The first-order valence-electron chi connectivity index (χ1n) is 9.43. The Hall–Kier alpha value is -3.40. The number of aryl methyl sites for hydroxylation is 4. The van der Waals surface area contributed by atoms with Crippen molar-refractivity contribution in [3.8, 4) is 22.8 Å². The summed E-state index contributed by atoms with van der Waals surface area (Å²) in [6.07, 6.45) is 9.26. The van der Waals surface area contributed by atoms with Crippen LogP contribution in [0.3, 0.4) is 0 Å². The molecule has 0 saturated heterocycles. The number of hydrogen-bond acceptors (Lipinski definition) is 4. The van der Waals surface area contributed by atoms with E-state index in [2.05, 4.69) is 70.2 Å². The molecule has 0 bridgehead atoms. The Morgan fingerprint density at radius 2 is 0.857 bits per heavy atom. The van der Waals surface area contributed by atoms with Crippen LogP contribution in [0.5, 0.6) is 0 Å². The van der Waals surface area contributed by atoms with E-state index in [9.17, 15) is 0 Å². The Morgan fingerprint density at radius 1 is 0.500 bits per heavy atom. The zero-order valence-electron chi connectivity index (χ0n) is 16.1. The molecule has 0 amide bonds. The molecule has 28 heavy (non-hydrogen) atoms. The second-order valence-electron chi connectivity index (χ2n) is 7.04. The minimum absolute atomic E-state index is 0.915. The standard InChI is InChI=1S/C24H22N4/c1-17-5-9-25-21(13-17)23-15-19(7-11-27-23)3-4-20-8-12-28-24(16-20)22-14-18(2)6-10-26-22/h5-16H,3-4H2,1-2H3. The number of nitrogens with zero attached hydrogens (tertiary/aromatic N) is 4. The molecule has 0 aromatic carbocycles. The summed E-state index contributed by atoms with van der Waals surface area (Å²) >= 11 is 0. The fourth-order valence-corrected chi connectivity index (χ4v) is 3.18. The molecule has 4 nitrogen and oxygen atoms in total. The van der Waals surface area contributed by atoms with Gasteiger partial charge in [-0.05, 0) is 97.5 Å². The van der Waals surface area contributed by atoms with E-state index in [0.717, 1.165) is 35.6 Å². The van der Waals surface area contributed by atoms with Gasteiger partial charge in [-0.1, -0.05) is 0 Å². The van der Waals surface area contributed by atoms with Crippen LogP contribution in [0.1, 0.15) is 22.3 Å². The normalized spacial score (nSPS) is 10.8. The third-order valence-corrected chi connectivity index (χ3v) is 4.71. The summed E-state index contributed by atoms with van der Waals surface area (Å²) < 4.78 is 0. The maximum absolute atomic E-state index is 4.49. The summed E-state index contributed by atoms with van der Waals surface area (Å²) in [7, 11) is 0. The van der Waals surface area contributed by atoms with Crippen molar-refractivity contribution in [2.45, 2.75) is 26.7 Å². The van der Waals surface area contributed by atoms with Crippen molar-refractivity contribution in [2.75, 3.05) is 0 Å². The Morgan fingerprint density at radius 3 is 1.25 bits per heavy atom. The van der Waals surface area contributed by atoms with Crippen LogP contribution < -0.4 is 0 Å². The van der Waals surface area contributed by atoms with Gasteiger partial charge in [0.25, 0.3) is 0 Å². The minimum Gasteiger partial charge on any atom is -0.255 e. The quantitative estimate of drug-likeness (QED) is 0.499. The number of pyridine rings is 4. The zero-order chi connectivity index (χ0) is 19.3. The summed E-state index contributed by atoms with van der Waals surface area (Å²) in [6.45, 7) is 4.14. The average molecular weight is 366 g/mol. The lowest BCUT2D eigenvalue weighted by Gasteiger charge is -2.07. The van der Waals surface area contributed by atoms with Crippen LogP contribution in [0, 0.1) is 13.8 Å². The van der Waals surface area contributed by atoms with Gasteiger partial charge in [0, 0.05) is 24.8 Å². The van der Waals surface area contributed by atoms with E-state index in [-0.39, 0.29) is 0 Å². The Balaban J connectivity index is 1.51. The monoisotopic (exact) mass is 366 g/mol. The lowest BCUT2D eigenvalue weighted by molar-refractivity contribution is 0.951. The first-order valence-corrected chi connectivity index (χ1v) is 9.43. The topological polar surface area (TPSA) is 51.6 Å². The van der Waals surface area contributed by atoms with Crippen molar-refractivity contribution in [3.63, 3.8) is 0 Å². The molecular weight excluding hydrogens is 344 g/mol. The first-order chi connectivity index (χ1) is 13.7. The number of hydrogen-bond donors (Lipinski definition) is 0. The molecule has 0 radical (unpaired) electrons. The molecule has 0 aliphatic rings. The third kappa shape index (κ3) is 4.29. The Kier molecular flexibility index (Phi) is 5.20. The Labute approximate surface area is 165 Å². The maximum Gasteiger partial charge on any atom is 0.0888 e. The van der Waals surface area contributed by atoms with Crippen LogP contribution in [0.25, 0.3) is 22.8 Å². The van der Waals surface area contributed by atoms with Gasteiger partial charge >= 0.3 is 0 Å². The second-order valence-corrected chi connectivity index (χ2v) is 7.04. The summed E-state index contributed by atoms with van der Waals surface area (Å²) in [5, 5.41) is 0. The van der Waals surface area contributed by atoms with Gasteiger partial charge in [-0.3, -0.25) is 19.9 Å². The predicted octanol–water partition coefficient (Wildman–Crippen LogP) is 5.00. The first kappa shape index (κ1) is 18.0. The molecule has 4 heteroatoms. The fourth-order valence-electron chi connectivity index (χ4n) is 3.18. The minimum atomic E-state index is 0.915. The highest BCUT2D eigenvalue weighted by molar-refractivity contribution is 5.56. The molecule has 0 unspecified atom stereocenters. The van der Waals surface area contributed by atoms with Crippen molar-refractivity contribution in [1.82, 2.24) is 19.9 Å². The SMILES string of the molecule is Cc1ccnc(-c2cc(CCc3ccnc(-c4cc(C)ccn4)c3)ccn2)c1. The van der Waals surface area contributed by atoms with Gasteiger partial charge in [-0.25, -0.2) is 0 Å². The highest BCUT2D eigenvalue weighted by atomic mass is 14.8. The molecule has 138 valence electrons. The molecule has 0 N–H and O–H groups in total. The van der Waals surface area contributed by atoms with Gasteiger partial charge in [0.2, 0.25) is 0 Å². The van der Waals surface area contributed by atoms with E-state index in [1.165, 1.54) is 22.3 Å². The van der Waals surface area contributed by atoms with Crippen molar-refractivity contribution in [1.29, 1.82) is 0 Å². The summed E-state index contributed by atoms with van der Waals surface area (Å²) in [4.78, 5) is 17.9. The zero-order valence-corrected chi connectivity index (χ0v) is 16.1. The van der Waals surface area contributed by atoms with E-state index >= 15 is 0 Å². The van der Waals surface area contributed by atoms with Crippen molar-refractivity contribution < 1.29 is 0 Å². The molecule has 0 atom stereocenters. The van der Waals surface area contributed by atoms with Gasteiger partial charge in [0.1, 0.15) is 0 Å². The average Bonchev–Trinajstić information content (AvgIpc) is 2.73. The Bertz CT molecular complexity index is 1020. The van der Waals surface area contributed by atoms with Crippen molar-refractivity contribution in [2.24, 2.45) is 0 Å². The van der Waals surface area contributed by atoms with E-state index in [1.807, 2.05) is 36.9 Å². The van der Waals surface area contributed by atoms with E-state index in [1.54, 1.807) is 0 Å². The highest BCUT2D eigenvalue weighted by Gasteiger charge is 2.06. The van der Waals surface area contributed by atoms with Crippen LogP contribution in [0.4, 0.5) is 0 Å². The third-order valence-electron chi connectivity index (χ3n) is 4.71. The van der Waals surface area contributed by atoms with Crippen LogP contribution in [-0.2, 0) is 12.8 Å². The van der Waals surface area contributed by atoms with E-state index in [0.29, 0.717) is 0 Å².